The van der Waals surface area contributed by atoms with Crippen molar-refractivity contribution in [3.63, 3.8) is 0 Å². The number of aliphatic hydroxyl groups is 1. The first-order chi connectivity index (χ1) is 7.99. The number of carbonyl (C=O) groups is 1. The minimum Gasteiger partial charge on any atom is -0.392 e. The van der Waals surface area contributed by atoms with Gasteiger partial charge in [-0.1, -0.05) is 18.2 Å². The summed E-state index contributed by atoms with van der Waals surface area (Å²) in [5.41, 5.74) is -0.140. The lowest BCUT2D eigenvalue weighted by molar-refractivity contribution is -0.137. The van der Waals surface area contributed by atoms with Gasteiger partial charge in [-0.05, 0) is 23.3 Å². The van der Waals surface area contributed by atoms with E-state index in [1.54, 1.807) is 0 Å². The van der Waals surface area contributed by atoms with Crippen molar-refractivity contribution in [1.29, 1.82) is 0 Å². The number of aldehydes is 1. The third-order valence-corrected chi connectivity index (χ3v) is 2.17. The number of hydrogen-bond donors (Lipinski definition) is 1. The van der Waals surface area contributed by atoms with E-state index in [1.165, 1.54) is 18.2 Å². The minimum absolute atomic E-state index is 0.182. The quantitative estimate of drug-likeness (QED) is 0.827. The van der Waals surface area contributed by atoms with Gasteiger partial charge in [0.25, 0.3) is 0 Å². The molecule has 0 aliphatic rings. The van der Waals surface area contributed by atoms with E-state index in [-0.39, 0.29) is 12.0 Å². The maximum Gasteiger partial charge on any atom is 0.416 e. The van der Waals surface area contributed by atoms with E-state index in [4.69, 9.17) is 5.11 Å². The van der Waals surface area contributed by atoms with Crippen LogP contribution in [0.4, 0.5) is 13.2 Å². The Bertz CT molecular complexity index is 422. The molecule has 0 saturated carbocycles. The van der Waals surface area contributed by atoms with Crippen LogP contribution in [0.15, 0.2) is 24.3 Å². The highest BCUT2D eigenvalue weighted by molar-refractivity contribution is 5.60. The Hall–Kier alpha value is -1.62. The van der Waals surface area contributed by atoms with Crippen LogP contribution in [0.5, 0.6) is 0 Å². The van der Waals surface area contributed by atoms with Crippen molar-refractivity contribution >= 4 is 12.4 Å². The standard InChI is InChI=1S/C12H11F3O2/c13-12(14,15)11-5-4-9(3-1-2-6-16)10(7-11)8-17/h1,3-7,17H,2,8H2. The van der Waals surface area contributed by atoms with Crippen LogP contribution in [0.25, 0.3) is 6.08 Å². The highest BCUT2D eigenvalue weighted by Crippen LogP contribution is 2.30. The summed E-state index contributed by atoms with van der Waals surface area (Å²) in [7, 11) is 0. The molecule has 0 aliphatic heterocycles. The summed E-state index contributed by atoms with van der Waals surface area (Å²) in [5, 5.41) is 8.99. The van der Waals surface area contributed by atoms with Crippen LogP contribution in [-0.4, -0.2) is 11.4 Å². The Morgan fingerprint density at radius 2 is 2.00 bits per heavy atom. The number of benzene rings is 1. The Morgan fingerprint density at radius 3 is 2.53 bits per heavy atom. The van der Waals surface area contributed by atoms with Crippen molar-refractivity contribution < 1.29 is 23.1 Å². The number of aliphatic hydroxyl groups excluding tert-OH is 1. The molecule has 17 heavy (non-hydrogen) atoms. The lowest BCUT2D eigenvalue weighted by Gasteiger charge is -2.10. The molecule has 0 spiro atoms. The number of halogens is 3. The third-order valence-electron chi connectivity index (χ3n) is 2.17. The molecule has 1 rings (SSSR count). The molecule has 0 aliphatic carbocycles. The van der Waals surface area contributed by atoms with E-state index < -0.39 is 18.3 Å². The van der Waals surface area contributed by atoms with Gasteiger partial charge in [0, 0.05) is 6.42 Å². The van der Waals surface area contributed by atoms with Crippen LogP contribution in [0, 0.1) is 0 Å². The second-order valence-electron chi connectivity index (χ2n) is 3.37. The van der Waals surface area contributed by atoms with Crippen molar-refractivity contribution in [3.8, 4) is 0 Å². The van der Waals surface area contributed by atoms with E-state index in [0.29, 0.717) is 11.8 Å². The zero-order valence-electron chi connectivity index (χ0n) is 8.87. The van der Waals surface area contributed by atoms with Crippen LogP contribution >= 0.6 is 0 Å². The fraction of sp³-hybridized carbons (Fsp3) is 0.250. The summed E-state index contributed by atoms with van der Waals surface area (Å²) in [4.78, 5) is 10.1. The second-order valence-corrected chi connectivity index (χ2v) is 3.37. The first kappa shape index (κ1) is 13.4. The highest BCUT2D eigenvalue weighted by Gasteiger charge is 2.30. The molecule has 0 aromatic heterocycles. The van der Waals surface area contributed by atoms with Crippen molar-refractivity contribution in [2.75, 3.05) is 0 Å². The van der Waals surface area contributed by atoms with Gasteiger partial charge in [-0.15, -0.1) is 0 Å². The smallest absolute Gasteiger partial charge is 0.392 e. The van der Waals surface area contributed by atoms with Crippen LogP contribution in [0.1, 0.15) is 23.1 Å². The molecule has 5 heteroatoms. The minimum atomic E-state index is -4.42. The predicted octanol–water partition coefficient (Wildman–Crippen LogP) is 2.80. The Morgan fingerprint density at radius 1 is 1.29 bits per heavy atom. The first-order valence-electron chi connectivity index (χ1n) is 4.90. The van der Waals surface area contributed by atoms with E-state index in [1.807, 2.05) is 0 Å². The fourth-order valence-corrected chi connectivity index (χ4v) is 1.33. The molecule has 1 aromatic carbocycles. The molecular formula is C12H11F3O2. The van der Waals surface area contributed by atoms with E-state index in [2.05, 4.69) is 0 Å². The van der Waals surface area contributed by atoms with Crippen LogP contribution in [-0.2, 0) is 17.6 Å². The number of carbonyl (C=O) groups excluding carboxylic acids is 1. The van der Waals surface area contributed by atoms with E-state index >= 15 is 0 Å². The summed E-state index contributed by atoms with van der Waals surface area (Å²) in [6.07, 6.45) is -0.519. The zero-order valence-corrected chi connectivity index (χ0v) is 8.87. The molecule has 0 fully saturated rings. The van der Waals surface area contributed by atoms with Gasteiger partial charge in [0.15, 0.2) is 0 Å². The molecule has 0 bridgehead atoms. The molecule has 0 radical (unpaired) electrons. The van der Waals surface area contributed by atoms with Crippen LogP contribution < -0.4 is 0 Å². The fourth-order valence-electron chi connectivity index (χ4n) is 1.33. The van der Waals surface area contributed by atoms with Crippen LogP contribution in [0.2, 0.25) is 0 Å². The van der Waals surface area contributed by atoms with E-state index in [0.717, 1.165) is 12.1 Å². The number of hydrogen-bond acceptors (Lipinski definition) is 2. The number of rotatable bonds is 4. The lowest BCUT2D eigenvalue weighted by Crippen LogP contribution is -2.06. The lowest BCUT2D eigenvalue weighted by atomic mass is 10.0. The van der Waals surface area contributed by atoms with Crippen molar-refractivity contribution in [3.05, 3.63) is 41.0 Å². The summed E-state index contributed by atoms with van der Waals surface area (Å²) >= 11 is 0. The monoisotopic (exact) mass is 244 g/mol. The van der Waals surface area contributed by atoms with Gasteiger partial charge in [-0.25, -0.2) is 0 Å². The number of allylic oxidation sites excluding steroid dienone is 1. The van der Waals surface area contributed by atoms with E-state index in [9.17, 15) is 18.0 Å². The number of alkyl halides is 3. The molecule has 0 saturated heterocycles. The Balaban J connectivity index is 3.05. The van der Waals surface area contributed by atoms with Gasteiger partial charge in [0.2, 0.25) is 0 Å². The van der Waals surface area contributed by atoms with Gasteiger partial charge in [0.05, 0.1) is 12.2 Å². The average molecular weight is 244 g/mol. The molecule has 1 N–H and O–H groups in total. The van der Waals surface area contributed by atoms with Gasteiger partial charge in [-0.3, -0.25) is 0 Å². The summed E-state index contributed by atoms with van der Waals surface area (Å²) in [5.74, 6) is 0. The van der Waals surface area contributed by atoms with Crippen molar-refractivity contribution in [1.82, 2.24) is 0 Å². The average Bonchev–Trinajstić information content (AvgIpc) is 2.28. The summed E-state index contributed by atoms with van der Waals surface area (Å²) < 4.78 is 37.2. The summed E-state index contributed by atoms with van der Waals surface area (Å²) in [6, 6.07) is 3.12. The molecule has 2 nitrogen and oxygen atoms in total. The van der Waals surface area contributed by atoms with Crippen LogP contribution in [0.3, 0.4) is 0 Å². The third kappa shape index (κ3) is 3.71. The van der Waals surface area contributed by atoms with Crippen molar-refractivity contribution in [2.45, 2.75) is 19.2 Å². The highest BCUT2D eigenvalue weighted by atomic mass is 19.4. The van der Waals surface area contributed by atoms with Crippen molar-refractivity contribution in [2.24, 2.45) is 0 Å². The predicted molar refractivity (Wildman–Crippen MR) is 57.1 cm³/mol. The molecule has 1 aromatic rings. The zero-order chi connectivity index (χ0) is 12.9. The molecular weight excluding hydrogens is 233 g/mol. The van der Waals surface area contributed by atoms with Gasteiger partial charge < -0.3 is 9.90 Å². The molecule has 0 atom stereocenters. The van der Waals surface area contributed by atoms with Gasteiger partial charge in [-0.2, -0.15) is 13.2 Å². The summed E-state index contributed by atoms with van der Waals surface area (Å²) in [6.45, 7) is -0.481. The second kappa shape index (κ2) is 5.63. The van der Waals surface area contributed by atoms with Gasteiger partial charge >= 0.3 is 6.18 Å². The molecule has 0 heterocycles. The first-order valence-corrected chi connectivity index (χ1v) is 4.90. The molecule has 0 amide bonds. The normalized spacial score (nSPS) is 12.0. The maximum atomic E-state index is 12.4. The Kier molecular flexibility index (Phi) is 4.45. The topological polar surface area (TPSA) is 37.3 Å². The largest absolute Gasteiger partial charge is 0.416 e. The SMILES string of the molecule is O=CCC=Cc1ccc(C(F)(F)F)cc1CO. The molecule has 0 unspecified atom stereocenters. The molecule has 92 valence electrons. The van der Waals surface area contributed by atoms with Gasteiger partial charge in [0.1, 0.15) is 6.29 Å². The Labute approximate surface area is 96.4 Å². The maximum absolute atomic E-state index is 12.4.